The molecule has 0 spiro atoms. The van der Waals surface area contributed by atoms with Crippen LogP contribution in [0.15, 0.2) is 23.4 Å². The lowest BCUT2D eigenvalue weighted by atomic mass is 10.2. The fourth-order valence-electron chi connectivity index (χ4n) is 1.66. The molecule has 20 heavy (non-hydrogen) atoms. The summed E-state index contributed by atoms with van der Waals surface area (Å²) in [5.74, 6) is -0.248. The molecule has 2 rings (SSSR count). The third-order valence-electron chi connectivity index (χ3n) is 2.51. The lowest BCUT2D eigenvalue weighted by Gasteiger charge is -2.21. The van der Waals surface area contributed by atoms with Crippen LogP contribution in [-0.2, 0) is 9.53 Å². The Bertz CT molecular complexity index is 631. The van der Waals surface area contributed by atoms with Crippen LogP contribution in [0.25, 0.3) is 11.0 Å². The van der Waals surface area contributed by atoms with Crippen LogP contribution in [-0.4, -0.2) is 26.8 Å². The van der Waals surface area contributed by atoms with E-state index in [4.69, 9.17) is 10.5 Å². The summed E-state index contributed by atoms with van der Waals surface area (Å²) in [6.07, 6.45) is 0. The molecular weight excluding hydrogens is 274 g/mol. The van der Waals surface area contributed by atoms with Gasteiger partial charge < -0.3 is 15.5 Å². The van der Waals surface area contributed by atoms with Crippen LogP contribution in [0.1, 0.15) is 27.7 Å². The van der Waals surface area contributed by atoms with Crippen molar-refractivity contribution < 1.29 is 9.53 Å². The van der Waals surface area contributed by atoms with Crippen molar-refractivity contribution in [3.63, 3.8) is 0 Å². The number of thioether (sulfide) groups is 1. The van der Waals surface area contributed by atoms with E-state index < -0.39 is 5.60 Å². The number of ether oxygens (including phenoxy) is 1. The normalized spacial score (nSPS) is 13.4. The van der Waals surface area contributed by atoms with Gasteiger partial charge in [0.05, 0.1) is 11.0 Å². The average Bonchev–Trinajstić information content (AvgIpc) is 2.67. The molecule has 3 N–H and O–H groups in total. The maximum atomic E-state index is 11.9. The highest BCUT2D eigenvalue weighted by molar-refractivity contribution is 8.00. The summed E-state index contributed by atoms with van der Waals surface area (Å²) in [6.45, 7) is 7.37. The molecule has 1 unspecified atom stereocenters. The fraction of sp³-hybridized carbons (Fsp3) is 0.429. The summed E-state index contributed by atoms with van der Waals surface area (Å²) in [5, 5.41) is 0.357. The van der Waals surface area contributed by atoms with Crippen molar-refractivity contribution >= 4 is 34.5 Å². The van der Waals surface area contributed by atoms with Gasteiger partial charge in [0, 0.05) is 5.69 Å². The minimum Gasteiger partial charge on any atom is -0.459 e. The molecule has 1 heterocycles. The predicted octanol–water partition coefficient (Wildman–Crippen LogP) is 2.97. The second kappa shape index (κ2) is 5.36. The molecule has 1 atom stereocenters. The molecule has 0 bridgehead atoms. The molecule has 0 saturated heterocycles. The lowest BCUT2D eigenvalue weighted by Crippen LogP contribution is -2.28. The fourth-order valence-corrected chi connectivity index (χ4v) is 2.46. The Balaban J connectivity index is 2.09. The summed E-state index contributed by atoms with van der Waals surface area (Å²) in [5.41, 5.74) is 7.62. The van der Waals surface area contributed by atoms with Crippen molar-refractivity contribution in [2.45, 2.75) is 43.7 Å². The molecule has 1 aromatic heterocycles. The topological polar surface area (TPSA) is 81.0 Å². The van der Waals surface area contributed by atoms with Gasteiger partial charge in [-0.3, -0.25) is 4.79 Å². The van der Waals surface area contributed by atoms with Crippen LogP contribution in [0.3, 0.4) is 0 Å². The number of fused-ring (bicyclic) bond motifs is 1. The maximum Gasteiger partial charge on any atom is 0.319 e. The van der Waals surface area contributed by atoms with Gasteiger partial charge in [0.2, 0.25) is 0 Å². The number of H-pyrrole nitrogens is 1. The number of benzene rings is 1. The van der Waals surface area contributed by atoms with Crippen LogP contribution in [0.5, 0.6) is 0 Å². The number of aromatic nitrogens is 2. The third-order valence-corrected chi connectivity index (χ3v) is 3.47. The first-order valence-electron chi connectivity index (χ1n) is 6.39. The number of hydrogen-bond acceptors (Lipinski definition) is 5. The number of nitrogens with zero attached hydrogens (tertiary/aromatic N) is 1. The lowest BCUT2D eigenvalue weighted by molar-refractivity contribution is -0.153. The molecular formula is C14H19N3O2S. The Labute approximate surface area is 122 Å². The standard InChI is InChI=1S/C14H19N3O2S/c1-8(12(18)19-14(2,3)4)20-13-16-10-6-5-9(15)7-11(10)17-13/h5-8H,15H2,1-4H3,(H,16,17). The van der Waals surface area contributed by atoms with E-state index in [1.165, 1.54) is 11.8 Å². The number of nitrogens with two attached hydrogens (primary N) is 1. The number of carbonyl (C=O) groups excluding carboxylic acids is 1. The molecule has 0 aliphatic carbocycles. The van der Waals surface area contributed by atoms with E-state index in [1.807, 2.05) is 32.9 Å². The number of anilines is 1. The van der Waals surface area contributed by atoms with Gasteiger partial charge in [-0.15, -0.1) is 0 Å². The first-order chi connectivity index (χ1) is 9.24. The smallest absolute Gasteiger partial charge is 0.319 e. The molecule has 108 valence electrons. The summed E-state index contributed by atoms with van der Waals surface area (Å²) in [7, 11) is 0. The van der Waals surface area contributed by atoms with Crippen molar-refractivity contribution in [1.29, 1.82) is 0 Å². The van der Waals surface area contributed by atoms with E-state index in [0.29, 0.717) is 10.8 Å². The molecule has 0 aliphatic rings. The third kappa shape index (κ3) is 3.66. The zero-order valence-corrected chi connectivity index (χ0v) is 12.9. The van der Waals surface area contributed by atoms with Crippen molar-refractivity contribution in [3.05, 3.63) is 18.2 Å². The number of aromatic amines is 1. The van der Waals surface area contributed by atoms with Crippen LogP contribution >= 0.6 is 11.8 Å². The molecule has 0 amide bonds. The van der Waals surface area contributed by atoms with E-state index in [0.717, 1.165) is 11.0 Å². The highest BCUT2D eigenvalue weighted by Crippen LogP contribution is 2.26. The van der Waals surface area contributed by atoms with Crippen LogP contribution < -0.4 is 5.73 Å². The number of esters is 1. The van der Waals surface area contributed by atoms with Gasteiger partial charge in [0.15, 0.2) is 5.16 Å². The maximum absolute atomic E-state index is 11.9. The zero-order valence-electron chi connectivity index (χ0n) is 12.1. The second-order valence-corrected chi connectivity index (χ2v) is 6.94. The van der Waals surface area contributed by atoms with E-state index in [-0.39, 0.29) is 11.2 Å². The Kier molecular flexibility index (Phi) is 3.94. The van der Waals surface area contributed by atoms with Gasteiger partial charge in [0.25, 0.3) is 0 Å². The summed E-state index contributed by atoms with van der Waals surface area (Å²) >= 11 is 1.34. The van der Waals surface area contributed by atoms with E-state index >= 15 is 0 Å². The number of nitrogen functional groups attached to an aromatic ring is 1. The van der Waals surface area contributed by atoms with Gasteiger partial charge >= 0.3 is 5.97 Å². The Morgan fingerprint density at radius 3 is 2.80 bits per heavy atom. The molecule has 5 nitrogen and oxygen atoms in total. The highest BCUT2D eigenvalue weighted by Gasteiger charge is 2.23. The van der Waals surface area contributed by atoms with Gasteiger partial charge in [-0.2, -0.15) is 0 Å². The Hall–Kier alpha value is -1.69. The Morgan fingerprint density at radius 1 is 1.45 bits per heavy atom. The molecule has 2 aromatic rings. The first-order valence-corrected chi connectivity index (χ1v) is 7.27. The highest BCUT2D eigenvalue weighted by atomic mass is 32.2. The number of hydrogen-bond donors (Lipinski definition) is 2. The molecule has 0 radical (unpaired) electrons. The van der Waals surface area contributed by atoms with Gasteiger partial charge in [-0.25, -0.2) is 4.98 Å². The van der Waals surface area contributed by atoms with E-state index in [1.54, 1.807) is 13.0 Å². The largest absolute Gasteiger partial charge is 0.459 e. The van der Waals surface area contributed by atoms with Crippen molar-refractivity contribution in [1.82, 2.24) is 9.97 Å². The molecule has 1 aromatic carbocycles. The van der Waals surface area contributed by atoms with Crippen molar-refractivity contribution in [2.24, 2.45) is 0 Å². The van der Waals surface area contributed by atoms with Crippen molar-refractivity contribution in [3.8, 4) is 0 Å². The number of nitrogens with one attached hydrogen (secondary N) is 1. The minimum atomic E-state index is -0.478. The summed E-state index contributed by atoms with van der Waals surface area (Å²) in [4.78, 5) is 19.5. The van der Waals surface area contributed by atoms with Crippen LogP contribution in [0, 0.1) is 0 Å². The quantitative estimate of drug-likeness (QED) is 0.516. The molecule has 0 saturated carbocycles. The van der Waals surface area contributed by atoms with Crippen LogP contribution in [0.2, 0.25) is 0 Å². The number of rotatable bonds is 3. The minimum absolute atomic E-state index is 0.248. The predicted molar refractivity (Wildman–Crippen MR) is 81.7 cm³/mol. The second-order valence-electron chi connectivity index (χ2n) is 5.61. The van der Waals surface area contributed by atoms with Crippen molar-refractivity contribution in [2.75, 3.05) is 5.73 Å². The molecule has 6 heteroatoms. The van der Waals surface area contributed by atoms with Gasteiger partial charge in [-0.05, 0) is 45.9 Å². The van der Waals surface area contributed by atoms with Gasteiger partial charge in [0.1, 0.15) is 10.9 Å². The zero-order chi connectivity index (χ0) is 14.9. The monoisotopic (exact) mass is 293 g/mol. The Morgan fingerprint density at radius 2 is 2.15 bits per heavy atom. The van der Waals surface area contributed by atoms with Crippen LogP contribution in [0.4, 0.5) is 5.69 Å². The van der Waals surface area contributed by atoms with Gasteiger partial charge in [-0.1, -0.05) is 11.8 Å². The number of imidazole rings is 1. The summed E-state index contributed by atoms with van der Waals surface area (Å²) < 4.78 is 5.34. The average molecular weight is 293 g/mol. The first kappa shape index (κ1) is 14.7. The molecule has 0 fully saturated rings. The SMILES string of the molecule is CC(Sc1nc2ccc(N)cc2[nH]1)C(=O)OC(C)(C)C. The molecule has 0 aliphatic heterocycles. The van der Waals surface area contributed by atoms with E-state index in [9.17, 15) is 4.79 Å². The van der Waals surface area contributed by atoms with E-state index in [2.05, 4.69) is 9.97 Å². The number of carbonyl (C=O) groups is 1. The summed E-state index contributed by atoms with van der Waals surface area (Å²) in [6, 6.07) is 5.48.